The molecule has 2 heterocycles. The maximum Gasteiger partial charge on any atom is 0.251 e. The van der Waals surface area contributed by atoms with E-state index in [-0.39, 0.29) is 18.1 Å². The highest BCUT2D eigenvalue weighted by Crippen LogP contribution is 2.23. The Morgan fingerprint density at radius 2 is 2.18 bits per heavy atom. The fourth-order valence-electron chi connectivity index (χ4n) is 2.96. The second-order valence-electron chi connectivity index (χ2n) is 5.98. The molecule has 0 spiro atoms. The number of nitrogens with one attached hydrogen (secondary N) is 1. The Hall–Kier alpha value is -1.69. The molecule has 1 saturated heterocycles. The van der Waals surface area contributed by atoms with Crippen LogP contribution in [-0.2, 0) is 11.3 Å². The summed E-state index contributed by atoms with van der Waals surface area (Å²) in [6, 6.07) is 3.56. The van der Waals surface area contributed by atoms with Gasteiger partial charge in [0.1, 0.15) is 12.1 Å². The molecule has 1 saturated carbocycles. The maximum atomic E-state index is 12.1. The van der Waals surface area contributed by atoms with Gasteiger partial charge in [0, 0.05) is 12.3 Å². The van der Waals surface area contributed by atoms with E-state index in [2.05, 4.69) is 10.3 Å². The van der Waals surface area contributed by atoms with E-state index in [1.54, 1.807) is 11.1 Å². The third-order valence-electron chi connectivity index (χ3n) is 4.20. The summed E-state index contributed by atoms with van der Waals surface area (Å²) in [6.07, 6.45) is 7.95. The smallest absolute Gasteiger partial charge is 0.251 e. The van der Waals surface area contributed by atoms with Crippen LogP contribution in [0.25, 0.3) is 0 Å². The van der Waals surface area contributed by atoms with E-state index in [0.717, 1.165) is 18.4 Å². The third kappa shape index (κ3) is 3.38. The predicted molar refractivity (Wildman–Crippen MR) is 87.5 cm³/mol. The van der Waals surface area contributed by atoms with E-state index >= 15 is 0 Å². The standard InChI is InChI=1S/C16H21N3O2S/c1-11-15(20)19(16(22)18-11)10-12-7-8-17-14(9-12)21-13-5-3-2-4-6-13/h7-9,11,13H,2-6,10H2,1H3,(H,18,22). The number of pyridine rings is 1. The highest BCUT2D eigenvalue weighted by atomic mass is 32.1. The lowest BCUT2D eigenvalue weighted by Gasteiger charge is -2.22. The van der Waals surface area contributed by atoms with Crippen LogP contribution < -0.4 is 10.1 Å². The first-order valence-corrected chi connectivity index (χ1v) is 8.28. The van der Waals surface area contributed by atoms with Crippen molar-refractivity contribution in [3.63, 3.8) is 0 Å². The van der Waals surface area contributed by atoms with Crippen LogP contribution in [0, 0.1) is 0 Å². The Morgan fingerprint density at radius 3 is 2.86 bits per heavy atom. The molecule has 3 rings (SSSR count). The molecule has 1 aromatic rings. The Morgan fingerprint density at radius 1 is 1.41 bits per heavy atom. The molecule has 2 aliphatic rings. The topological polar surface area (TPSA) is 54.5 Å². The minimum absolute atomic E-state index is 0.0107. The number of thiocarbonyl (C=S) groups is 1. The van der Waals surface area contributed by atoms with E-state index in [1.807, 2.05) is 19.1 Å². The molecule has 0 bridgehead atoms. The monoisotopic (exact) mass is 319 g/mol. The van der Waals surface area contributed by atoms with Gasteiger partial charge in [-0.25, -0.2) is 4.98 Å². The molecule has 1 atom stereocenters. The van der Waals surface area contributed by atoms with Gasteiger partial charge in [-0.3, -0.25) is 9.69 Å². The zero-order valence-corrected chi connectivity index (χ0v) is 13.6. The van der Waals surface area contributed by atoms with Crippen LogP contribution in [0.5, 0.6) is 5.88 Å². The van der Waals surface area contributed by atoms with E-state index in [1.165, 1.54) is 19.3 Å². The predicted octanol–water partition coefficient (Wildman–Crippen LogP) is 2.40. The molecule has 1 aliphatic heterocycles. The van der Waals surface area contributed by atoms with Crippen LogP contribution in [0.15, 0.2) is 18.3 Å². The molecule has 22 heavy (non-hydrogen) atoms. The van der Waals surface area contributed by atoms with E-state index in [0.29, 0.717) is 17.5 Å². The highest BCUT2D eigenvalue weighted by molar-refractivity contribution is 7.80. The van der Waals surface area contributed by atoms with Crippen LogP contribution in [0.4, 0.5) is 0 Å². The summed E-state index contributed by atoms with van der Waals surface area (Å²) in [7, 11) is 0. The fraction of sp³-hybridized carbons (Fsp3) is 0.562. The number of hydrogen-bond donors (Lipinski definition) is 1. The van der Waals surface area contributed by atoms with Gasteiger partial charge in [-0.15, -0.1) is 0 Å². The number of hydrogen-bond acceptors (Lipinski definition) is 4. The summed E-state index contributed by atoms with van der Waals surface area (Å²) in [5.41, 5.74) is 0.979. The molecule has 6 heteroatoms. The van der Waals surface area contributed by atoms with Gasteiger partial charge in [0.25, 0.3) is 5.91 Å². The van der Waals surface area contributed by atoms with Gasteiger partial charge in [0.2, 0.25) is 5.88 Å². The number of amides is 1. The Kier molecular flexibility index (Phi) is 4.57. The van der Waals surface area contributed by atoms with Crippen molar-refractivity contribution in [2.75, 3.05) is 0 Å². The van der Waals surface area contributed by atoms with Crippen molar-refractivity contribution in [2.24, 2.45) is 0 Å². The van der Waals surface area contributed by atoms with Crippen molar-refractivity contribution in [1.29, 1.82) is 0 Å². The molecule has 0 radical (unpaired) electrons. The first-order valence-electron chi connectivity index (χ1n) is 7.87. The zero-order chi connectivity index (χ0) is 15.5. The summed E-state index contributed by atoms with van der Waals surface area (Å²) < 4.78 is 5.97. The lowest BCUT2D eigenvalue weighted by atomic mass is 9.98. The molecule has 5 nitrogen and oxygen atoms in total. The molecular weight excluding hydrogens is 298 g/mol. The highest BCUT2D eigenvalue weighted by Gasteiger charge is 2.32. The van der Waals surface area contributed by atoms with Crippen LogP contribution in [-0.4, -0.2) is 33.0 Å². The summed E-state index contributed by atoms with van der Waals surface area (Å²) in [5, 5.41) is 3.47. The van der Waals surface area contributed by atoms with E-state index in [4.69, 9.17) is 17.0 Å². The van der Waals surface area contributed by atoms with Gasteiger partial charge < -0.3 is 10.1 Å². The molecule has 118 valence electrons. The van der Waals surface area contributed by atoms with Crippen LogP contribution in [0.3, 0.4) is 0 Å². The quantitative estimate of drug-likeness (QED) is 0.864. The lowest BCUT2D eigenvalue weighted by molar-refractivity contribution is -0.127. The lowest BCUT2D eigenvalue weighted by Crippen LogP contribution is -2.30. The normalized spacial score (nSPS) is 22.8. The number of carbonyl (C=O) groups excluding carboxylic acids is 1. The fourth-order valence-corrected chi connectivity index (χ4v) is 3.29. The number of rotatable bonds is 4. The van der Waals surface area contributed by atoms with Crippen molar-refractivity contribution < 1.29 is 9.53 Å². The van der Waals surface area contributed by atoms with Crippen molar-refractivity contribution in [3.8, 4) is 5.88 Å². The maximum absolute atomic E-state index is 12.1. The van der Waals surface area contributed by atoms with Gasteiger partial charge in [0.05, 0.1) is 6.54 Å². The van der Waals surface area contributed by atoms with Gasteiger partial charge in [-0.05, 0) is 56.5 Å². The number of ether oxygens (including phenoxy) is 1. The average Bonchev–Trinajstić information content (AvgIpc) is 2.75. The zero-order valence-electron chi connectivity index (χ0n) is 12.7. The molecule has 1 aliphatic carbocycles. The number of aromatic nitrogens is 1. The van der Waals surface area contributed by atoms with Crippen LogP contribution in [0.1, 0.15) is 44.6 Å². The number of carbonyl (C=O) groups is 1. The summed E-state index contributed by atoms with van der Waals surface area (Å²) in [6.45, 7) is 2.28. The van der Waals surface area contributed by atoms with Crippen molar-refractivity contribution >= 4 is 23.2 Å². The molecule has 1 amide bonds. The number of nitrogens with zero attached hydrogens (tertiary/aromatic N) is 2. The molecule has 1 aromatic heterocycles. The Bertz CT molecular complexity index is 572. The van der Waals surface area contributed by atoms with Crippen molar-refractivity contribution in [2.45, 2.75) is 57.7 Å². The largest absolute Gasteiger partial charge is 0.474 e. The van der Waals surface area contributed by atoms with Crippen LogP contribution in [0.2, 0.25) is 0 Å². The first-order chi connectivity index (χ1) is 10.6. The van der Waals surface area contributed by atoms with Crippen molar-refractivity contribution in [3.05, 3.63) is 23.9 Å². The minimum Gasteiger partial charge on any atom is -0.474 e. The van der Waals surface area contributed by atoms with E-state index < -0.39 is 0 Å². The summed E-state index contributed by atoms with van der Waals surface area (Å²) in [5.74, 6) is 0.652. The van der Waals surface area contributed by atoms with E-state index in [9.17, 15) is 4.79 Å². The average molecular weight is 319 g/mol. The third-order valence-corrected chi connectivity index (χ3v) is 4.54. The van der Waals surface area contributed by atoms with Crippen molar-refractivity contribution in [1.82, 2.24) is 15.2 Å². The first kappa shape index (κ1) is 15.2. The second kappa shape index (κ2) is 6.60. The van der Waals surface area contributed by atoms with Gasteiger partial charge in [-0.1, -0.05) is 6.42 Å². The molecule has 2 fully saturated rings. The molecule has 1 unspecified atom stereocenters. The Labute approximate surface area is 136 Å². The molecule has 0 aromatic carbocycles. The Balaban J connectivity index is 1.66. The molecule has 1 N–H and O–H groups in total. The van der Waals surface area contributed by atoms with Crippen LogP contribution >= 0.6 is 12.2 Å². The van der Waals surface area contributed by atoms with Gasteiger partial charge in [-0.2, -0.15) is 0 Å². The minimum atomic E-state index is -0.243. The summed E-state index contributed by atoms with van der Waals surface area (Å²) in [4.78, 5) is 17.9. The molecular formula is C16H21N3O2S. The summed E-state index contributed by atoms with van der Waals surface area (Å²) >= 11 is 5.20. The van der Waals surface area contributed by atoms with Gasteiger partial charge in [0.15, 0.2) is 5.11 Å². The SMILES string of the molecule is CC1NC(=S)N(Cc2ccnc(OC3CCCCC3)c2)C1=O. The second-order valence-corrected chi connectivity index (χ2v) is 6.36. The van der Waals surface area contributed by atoms with Gasteiger partial charge >= 0.3 is 0 Å².